The molecular formula is C42H48N2O11. The first-order valence-electron chi connectivity index (χ1n) is 18.4. The summed E-state index contributed by atoms with van der Waals surface area (Å²) in [5.41, 5.74) is 1.72. The van der Waals surface area contributed by atoms with Gasteiger partial charge in [-0.15, -0.1) is 0 Å². The van der Waals surface area contributed by atoms with Crippen LogP contribution in [0.5, 0.6) is 11.5 Å². The molecule has 1 aliphatic rings. The molecule has 13 heteroatoms. The van der Waals surface area contributed by atoms with Crippen molar-refractivity contribution in [3.63, 3.8) is 0 Å². The Morgan fingerprint density at radius 3 is 2.09 bits per heavy atom. The van der Waals surface area contributed by atoms with E-state index in [2.05, 4.69) is 10.3 Å². The Bertz CT molecular complexity index is 1830. The number of aromatic nitrogens is 1. The Kier molecular flexibility index (Phi) is 15.9. The van der Waals surface area contributed by atoms with Crippen molar-refractivity contribution in [1.82, 2.24) is 10.3 Å². The first-order chi connectivity index (χ1) is 26.4. The summed E-state index contributed by atoms with van der Waals surface area (Å²) in [6.45, 7) is 4.56. The smallest absolute Gasteiger partial charge is 0.311 e. The maximum atomic E-state index is 13.8. The molecule has 0 bridgehead atoms. The van der Waals surface area contributed by atoms with Crippen LogP contribution in [-0.2, 0) is 62.6 Å². The second kappa shape index (κ2) is 20.8. The van der Waals surface area contributed by atoms with E-state index in [1.807, 2.05) is 30.3 Å². The van der Waals surface area contributed by atoms with E-state index in [9.17, 15) is 33.6 Å². The van der Waals surface area contributed by atoms with Crippen LogP contribution in [-0.4, -0.2) is 65.3 Å². The Morgan fingerprint density at radius 2 is 1.45 bits per heavy atom. The lowest BCUT2D eigenvalue weighted by Gasteiger charge is -2.29. The summed E-state index contributed by atoms with van der Waals surface area (Å²) >= 11 is 0. The number of pyridine rings is 1. The van der Waals surface area contributed by atoms with Gasteiger partial charge < -0.3 is 24.3 Å². The van der Waals surface area contributed by atoms with E-state index in [1.165, 1.54) is 26.3 Å². The third kappa shape index (κ3) is 12.2. The second-order valence-corrected chi connectivity index (χ2v) is 13.8. The van der Waals surface area contributed by atoms with E-state index in [-0.39, 0.29) is 55.6 Å². The minimum absolute atomic E-state index is 0.00904. The lowest BCUT2D eigenvalue weighted by atomic mass is 9.81. The van der Waals surface area contributed by atoms with Crippen molar-refractivity contribution < 1.29 is 52.5 Å². The van der Waals surface area contributed by atoms with E-state index in [0.29, 0.717) is 24.8 Å². The molecule has 2 aromatic carbocycles. The van der Waals surface area contributed by atoms with E-state index >= 15 is 0 Å². The first kappa shape index (κ1) is 42.2. The Balaban J connectivity index is 1.41. The molecule has 4 rings (SSSR count). The van der Waals surface area contributed by atoms with Crippen molar-refractivity contribution in [2.45, 2.75) is 91.0 Å². The number of benzene rings is 2. The number of ether oxygens (including phenoxy) is 4. The molecule has 0 unspecified atom stereocenters. The minimum Gasteiger partial charge on any atom is -0.493 e. The first-order valence-corrected chi connectivity index (χ1v) is 18.4. The summed E-state index contributed by atoms with van der Waals surface area (Å²) in [6.07, 6.45) is 1.18. The van der Waals surface area contributed by atoms with Crippen LogP contribution in [0.25, 0.3) is 0 Å². The van der Waals surface area contributed by atoms with Gasteiger partial charge in [0.15, 0.2) is 11.5 Å². The molecule has 292 valence electrons. The van der Waals surface area contributed by atoms with E-state index in [1.54, 1.807) is 44.2 Å². The van der Waals surface area contributed by atoms with Crippen LogP contribution < -0.4 is 14.8 Å². The highest BCUT2D eigenvalue weighted by Gasteiger charge is 2.46. The molecule has 0 radical (unpaired) electrons. The number of hydrogen-bond donors (Lipinski definition) is 1. The number of unbranched alkanes of at least 4 members (excludes halogenated alkanes) is 2. The predicted molar refractivity (Wildman–Crippen MR) is 199 cm³/mol. The molecule has 1 fully saturated rings. The molecule has 1 aliphatic carbocycles. The molecule has 0 aliphatic heterocycles. The molecular weight excluding hydrogens is 708 g/mol. The molecule has 4 atom stereocenters. The third-order valence-electron chi connectivity index (χ3n) is 9.28. The van der Waals surface area contributed by atoms with Crippen molar-refractivity contribution >= 4 is 41.0 Å². The van der Waals surface area contributed by atoms with Crippen LogP contribution in [0, 0.1) is 17.8 Å². The highest BCUT2D eigenvalue weighted by Crippen LogP contribution is 2.31. The summed E-state index contributed by atoms with van der Waals surface area (Å²) in [7, 11) is 1.38. The average molecular weight is 757 g/mol. The van der Waals surface area contributed by atoms with E-state index < -0.39 is 71.4 Å². The molecule has 3 aromatic rings. The zero-order valence-electron chi connectivity index (χ0n) is 31.6. The Hall–Kier alpha value is -5.56. The summed E-state index contributed by atoms with van der Waals surface area (Å²) < 4.78 is 22.0. The molecule has 0 saturated heterocycles. The molecule has 0 spiro atoms. The molecule has 1 N–H and O–H groups in total. The maximum absolute atomic E-state index is 13.8. The van der Waals surface area contributed by atoms with Crippen molar-refractivity contribution in [3.8, 4) is 11.5 Å². The molecule has 1 aromatic heterocycles. The number of Topliss-reactive ketones (excluding diaryl/α,β-unsaturated/α-hetero) is 4. The number of ketones is 4. The van der Waals surface area contributed by atoms with Crippen LogP contribution >= 0.6 is 0 Å². The van der Waals surface area contributed by atoms with Gasteiger partial charge in [-0.1, -0.05) is 87.9 Å². The number of nitrogens with one attached hydrogen (secondary N) is 1. The van der Waals surface area contributed by atoms with Gasteiger partial charge in [-0.25, -0.2) is 0 Å². The average Bonchev–Trinajstić information content (AvgIpc) is 3.20. The van der Waals surface area contributed by atoms with Crippen molar-refractivity contribution in [1.29, 1.82) is 0 Å². The minimum atomic E-state index is -1.43. The quantitative estimate of drug-likeness (QED) is 0.112. The predicted octanol–water partition coefficient (Wildman–Crippen LogP) is 4.89. The van der Waals surface area contributed by atoms with Crippen LogP contribution in [0.1, 0.15) is 76.1 Å². The van der Waals surface area contributed by atoms with Gasteiger partial charge in [0, 0.05) is 38.1 Å². The Labute approximate surface area is 320 Å². The number of carbonyl (C=O) groups is 7. The molecule has 0 amide bonds. The summed E-state index contributed by atoms with van der Waals surface area (Å²) in [5.74, 6) is -8.11. The summed E-state index contributed by atoms with van der Waals surface area (Å²) in [4.78, 5) is 96.8. The van der Waals surface area contributed by atoms with Gasteiger partial charge in [0.2, 0.25) is 23.1 Å². The maximum Gasteiger partial charge on any atom is 0.311 e. The molecule has 55 heavy (non-hydrogen) atoms. The molecule has 1 saturated carbocycles. The number of carbonyl (C=O) groups excluding carboxylic acids is 7. The van der Waals surface area contributed by atoms with Crippen molar-refractivity contribution in [2.24, 2.45) is 17.8 Å². The Morgan fingerprint density at radius 1 is 0.818 bits per heavy atom. The highest BCUT2D eigenvalue weighted by atomic mass is 16.6. The molecule has 1 heterocycles. The van der Waals surface area contributed by atoms with E-state index in [0.717, 1.165) is 5.56 Å². The summed E-state index contributed by atoms with van der Waals surface area (Å²) in [6, 6.07) is 18.2. The summed E-state index contributed by atoms with van der Waals surface area (Å²) in [5, 5.41) is 2.88. The lowest BCUT2D eigenvalue weighted by molar-refractivity contribution is -0.164. The van der Waals surface area contributed by atoms with Crippen molar-refractivity contribution in [2.75, 3.05) is 7.11 Å². The van der Waals surface area contributed by atoms with Gasteiger partial charge in [0.05, 0.1) is 30.9 Å². The van der Waals surface area contributed by atoms with Crippen LogP contribution in [0.15, 0.2) is 72.9 Å². The van der Waals surface area contributed by atoms with Crippen LogP contribution in [0.2, 0.25) is 0 Å². The van der Waals surface area contributed by atoms with Gasteiger partial charge in [-0.3, -0.25) is 38.5 Å². The number of hydrogen-bond acceptors (Lipinski definition) is 13. The zero-order chi connectivity index (χ0) is 39.9. The van der Waals surface area contributed by atoms with Gasteiger partial charge in [-0.2, -0.15) is 0 Å². The number of nitrogens with zero attached hydrogens (tertiary/aromatic N) is 1. The fourth-order valence-corrected chi connectivity index (χ4v) is 6.10. The van der Waals surface area contributed by atoms with Gasteiger partial charge in [0.1, 0.15) is 18.4 Å². The van der Waals surface area contributed by atoms with Gasteiger partial charge >= 0.3 is 17.9 Å². The third-order valence-corrected chi connectivity index (χ3v) is 9.28. The second-order valence-electron chi connectivity index (χ2n) is 13.8. The number of methoxy groups -OCH3 is 1. The van der Waals surface area contributed by atoms with Crippen LogP contribution in [0.3, 0.4) is 0 Å². The van der Waals surface area contributed by atoms with Gasteiger partial charge in [0.25, 0.3) is 0 Å². The van der Waals surface area contributed by atoms with Crippen LogP contribution in [0.4, 0.5) is 0 Å². The monoisotopic (exact) mass is 756 g/mol. The van der Waals surface area contributed by atoms with Gasteiger partial charge in [-0.05, 0) is 30.4 Å². The SMILES string of the molecule is COc1ccnc(CN[C@H]2CC(=O)C(=O)[C@H](Cc3ccccc3)[C@H](OC(=O)C(C)C)[C@H](C)C(=O)C2=O)c1OC(=O)CCCCCC(=O)OCc1ccccc1. The fourth-order valence-electron chi connectivity index (χ4n) is 6.10. The van der Waals surface area contributed by atoms with E-state index in [4.69, 9.17) is 18.9 Å². The standard InChI is InChI=1S/C42H48N2O11/c1-26(2)42(51)55-40-27(3)37(48)39(50)31(23-33(45)38(49)30(40)22-28-14-8-5-9-15-28)44-24-32-41(34(52-4)20-21-43-32)54-36(47)19-13-7-12-18-35(46)53-25-29-16-10-6-11-17-29/h5-6,8-11,14-17,20-21,26-27,30-31,40,44H,7,12-13,18-19,22-25H2,1-4H3/t27-,30+,31+,40-/m1/s1. The zero-order valence-corrected chi connectivity index (χ0v) is 31.6. The largest absolute Gasteiger partial charge is 0.493 e. The number of rotatable bonds is 17. The number of esters is 3. The lowest BCUT2D eigenvalue weighted by Crippen LogP contribution is -2.46. The highest BCUT2D eigenvalue weighted by molar-refractivity contribution is 6.44. The normalized spacial score (nSPS) is 18.9. The fraction of sp³-hybridized carbons (Fsp3) is 0.429. The molecule has 13 nitrogen and oxygen atoms in total. The van der Waals surface area contributed by atoms with Crippen molar-refractivity contribution in [3.05, 3.63) is 89.7 Å². The topological polar surface area (TPSA) is 181 Å².